The average molecular weight is 322 g/mol. The molecular formula is C16H22N2O3S. The van der Waals surface area contributed by atoms with Crippen LogP contribution in [0.2, 0.25) is 0 Å². The predicted molar refractivity (Wildman–Crippen MR) is 89.6 cm³/mol. The van der Waals surface area contributed by atoms with E-state index in [4.69, 9.17) is 0 Å². The predicted octanol–water partition coefficient (Wildman–Crippen LogP) is 2.36. The minimum Gasteiger partial charge on any atom is -0.321 e. The molecule has 0 fully saturated rings. The number of rotatable bonds is 6. The summed E-state index contributed by atoms with van der Waals surface area (Å²) in [6, 6.07) is 5.68. The van der Waals surface area contributed by atoms with Crippen LogP contribution in [0.25, 0.3) is 10.9 Å². The van der Waals surface area contributed by atoms with Crippen LogP contribution < -0.4 is 10.3 Å². The number of nitrogens with one attached hydrogen (secondary N) is 2. The molecule has 0 amide bonds. The summed E-state index contributed by atoms with van der Waals surface area (Å²) < 4.78 is 26.1. The molecule has 0 spiro atoms. The Bertz CT molecular complexity index is 838. The number of sulfonamides is 1. The van der Waals surface area contributed by atoms with Crippen LogP contribution in [0.1, 0.15) is 36.5 Å². The summed E-state index contributed by atoms with van der Waals surface area (Å²) >= 11 is 0. The fourth-order valence-electron chi connectivity index (χ4n) is 2.30. The average Bonchev–Trinajstić information content (AvgIpc) is 2.48. The first kappa shape index (κ1) is 16.7. The SMILES string of the molecule is CCCCS(=O)(=O)NCc1cc2ccc(C)c(C)c2[nH]c1=O. The highest BCUT2D eigenvalue weighted by Crippen LogP contribution is 2.18. The molecular weight excluding hydrogens is 300 g/mol. The van der Waals surface area contributed by atoms with Crippen molar-refractivity contribution in [1.82, 2.24) is 9.71 Å². The number of fused-ring (bicyclic) bond motifs is 1. The van der Waals surface area contributed by atoms with Gasteiger partial charge in [-0.1, -0.05) is 25.5 Å². The summed E-state index contributed by atoms with van der Waals surface area (Å²) in [5.74, 6) is 0.0906. The molecule has 5 nitrogen and oxygen atoms in total. The van der Waals surface area contributed by atoms with Crippen molar-refractivity contribution in [1.29, 1.82) is 0 Å². The van der Waals surface area contributed by atoms with E-state index < -0.39 is 10.0 Å². The van der Waals surface area contributed by atoms with Gasteiger partial charge in [-0.05, 0) is 42.8 Å². The Kier molecular flexibility index (Phi) is 5.03. The van der Waals surface area contributed by atoms with Crippen LogP contribution in [-0.2, 0) is 16.6 Å². The van der Waals surface area contributed by atoms with Crippen molar-refractivity contribution < 1.29 is 8.42 Å². The highest BCUT2D eigenvalue weighted by molar-refractivity contribution is 7.89. The maximum absolute atomic E-state index is 12.1. The third-order valence-corrected chi connectivity index (χ3v) is 5.29. The molecule has 2 rings (SSSR count). The third kappa shape index (κ3) is 3.75. The molecule has 0 saturated carbocycles. The molecule has 0 aliphatic carbocycles. The zero-order valence-corrected chi connectivity index (χ0v) is 14.0. The Morgan fingerprint density at radius 1 is 1.23 bits per heavy atom. The van der Waals surface area contributed by atoms with Crippen LogP contribution in [0, 0.1) is 13.8 Å². The lowest BCUT2D eigenvalue weighted by Crippen LogP contribution is -2.28. The maximum atomic E-state index is 12.1. The van der Waals surface area contributed by atoms with Crippen molar-refractivity contribution in [2.75, 3.05) is 5.75 Å². The van der Waals surface area contributed by atoms with Crippen molar-refractivity contribution in [3.8, 4) is 0 Å². The first-order valence-corrected chi connectivity index (χ1v) is 9.08. The van der Waals surface area contributed by atoms with E-state index in [0.29, 0.717) is 12.0 Å². The lowest BCUT2D eigenvalue weighted by Gasteiger charge is -2.09. The second-order valence-electron chi connectivity index (χ2n) is 5.59. The molecule has 0 aliphatic rings. The van der Waals surface area contributed by atoms with E-state index in [1.807, 2.05) is 32.9 Å². The van der Waals surface area contributed by atoms with Gasteiger partial charge in [-0.25, -0.2) is 13.1 Å². The van der Waals surface area contributed by atoms with Gasteiger partial charge in [-0.15, -0.1) is 0 Å². The quantitative estimate of drug-likeness (QED) is 0.857. The second-order valence-corrected chi connectivity index (χ2v) is 7.52. The summed E-state index contributed by atoms with van der Waals surface area (Å²) in [4.78, 5) is 15.0. The monoisotopic (exact) mass is 322 g/mol. The van der Waals surface area contributed by atoms with Gasteiger partial charge in [0.2, 0.25) is 10.0 Å². The van der Waals surface area contributed by atoms with Crippen molar-refractivity contribution in [2.24, 2.45) is 0 Å². The van der Waals surface area contributed by atoms with Crippen molar-refractivity contribution in [2.45, 2.75) is 40.2 Å². The van der Waals surface area contributed by atoms with Crippen molar-refractivity contribution >= 4 is 20.9 Å². The van der Waals surface area contributed by atoms with E-state index >= 15 is 0 Å². The minimum atomic E-state index is -3.33. The van der Waals surface area contributed by atoms with E-state index in [1.165, 1.54) is 0 Å². The number of benzene rings is 1. The molecule has 0 radical (unpaired) electrons. The maximum Gasteiger partial charge on any atom is 0.252 e. The molecule has 0 atom stereocenters. The second kappa shape index (κ2) is 6.62. The zero-order chi connectivity index (χ0) is 16.3. The molecule has 2 N–H and O–H groups in total. The van der Waals surface area contributed by atoms with Crippen LogP contribution in [0.3, 0.4) is 0 Å². The molecule has 0 bridgehead atoms. The number of hydrogen-bond acceptors (Lipinski definition) is 3. The fraction of sp³-hybridized carbons (Fsp3) is 0.438. The summed E-state index contributed by atoms with van der Waals surface area (Å²) in [5.41, 5.74) is 3.12. The topological polar surface area (TPSA) is 79.0 Å². The largest absolute Gasteiger partial charge is 0.321 e. The summed E-state index contributed by atoms with van der Waals surface area (Å²) in [7, 11) is -3.33. The highest BCUT2D eigenvalue weighted by atomic mass is 32.2. The van der Waals surface area contributed by atoms with E-state index in [1.54, 1.807) is 6.07 Å². The van der Waals surface area contributed by atoms with Gasteiger partial charge in [0.25, 0.3) is 5.56 Å². The Balaban J connectivity index is 2.28. The first-order valence-electron chi connectivity index (χ1n) is 7.43. The number of aromatic nitrogens is 1. The van der Waals surface area contributed by atoms with E-state index in [0.717, 1.165) is 28.5 Å². The van der Waals surface area contributed by atoms with Gasteiger partial charge < -0.3 is 4.98 Å². The van der Waals surface area contributed by atoms with Crippen LogP contribution in [0.4, 0.5) is 0 Å². The van der Waals surface area contributed by atoms with Gasteiger partial charge in [0.05, 0.1) is 11.3 Å². The molecule has 0 saturated heterocycles. The fourth-order valence-corrected chi connectivity index (χ4v) is 3.48. The molecule has 1 aromatic heterocycles. The molecule has 120 valence electrons. The third-order valence-electron chi connectivity index (χ3n) is 3.88. The highest BCUT2D eigenvalue weighted by Gasteiger charge is 2.11. The normalized spacial score (nSPS) is 12.0. The van der Waals surface area contributed by atoms with Crippen LogP contribution in [-0.4, -0.2) is 19.2 Å². The number of unbranched alkanes of at least 4 members (excludes halogenated alkanes) is 1. The van der Waals surface area contributed by atoms with Crippen LogP contribution in [0.5, 0.6) is 0 Å². The smallest absolute Gasteiger partial charge is 0.252 e. The summed E-state index contributed by atoms with van der Waals surface area (Å²) in [5, 5.41) is 0.908. The molecule has 2 aromatic rings. The molecule has 1 heterocycles. The Hall–Kier alpha value is -1.66. The van der Waals surface area contributed by atoms with Crippen LogP contribution >= 0.6 is 0 Å². The number of H-pyrrole nitrogens is 1. The summed E-state index contributed by atoms with van der Waals surface area (Å²) in [6.45, 7) is 5.90. The van der Waals surface area contributed by atoms with Gasteiger partial charge in [0, 0.05) is 12.1 Å². The zero-order valence-electron chi connectivity index (χ0n) is 13.2. The first-order chi connectivity index (χ1) is 10.3. The van der Waals surface area contributed by atoms with Crippen LogP contribution in [0.15, 0.2) is 23.0 Å². The summed E-state index contributed by atoms with van der Waals surface area (Å²) in [6.07, 6.45) is 1.43. The number of aryl methyl sites for hydroxylation is 2. The molecule has 1 aromatic carbocycles. The Morgan fingerprint density at radius 2 is 1.95 bits per heavy atom. The van der Waals surface area contributed by atoms with Gasteiger partial charge >= 0.3 is 0 Å². The molecule has 22 heavy (non-hydrogen) atoms. The number of pyridine rings is 1. The standard InChI is InChI=1S/C16H22N2O3S/c1-4-5-8-22(20,21)17-10-14-9-13-7-6-11(2)12(3)15(13)18-16(14)19/h6-7,9,17H,4-5,8,10H2,1-3H3,(H,18,19). The minimum absolute atomic E-state index is 0.0181. The van der Waals surface area contributed by atoms with E-state index in [9.17, 15) is 13.2 Å². The van der Waals surface area contributed by atoms with Gasteiger partial charge in [-0.2, -0.15) is 0 Å². The number of aromatic amines is 1. The molecule has 6 heteroatoms. The van der Waals surface area contributed by atoms with Gasteiger partial charge in [-0.3, -0.25) is 4.79 Å². The molecule has 0 aliphatic heterocycles. The van der Waals surface area contributed by atoms with Crippen molar-refractivity contribution in [3.63, 3.8) is 0 Å². The number of hydrogen-bond donors (Lipinski definition) is 2. The Morgan fingerprint density at radius 3 is 2.64 bits per heavy atom. The van der Waals surface area contributed by atoms with E-state index in [2.05, 4.69) is 9.71 Å². The lowest BCUT2D eigenvalue weighted by atomic mass is 10.0. The van der Waals surface area contributed by atoms with E-state index in [-0.39, 0.29) is 17.9 Å². The molecule has 0 unspecified atom stereocenters. The van der Waals surface area contributed by atoms with Gasteiger partial charge in [0.15, 0.2) is 0 Å². The lowest BCUT2D eigenvalue weighted by molar-refractivity contribution is 0.577. The van der Waals surface area contributed by atoms with Crippen molar-refractivity contribution in [3.05, 3.63) is 45.2 Å². The Labute approximate surface area is 130 Å². The van der Waals surface area contributed by atoms with Gasteiger partial charge in [0.1, 0.15) is 0 Å².